The molecule has 12 heavy (non-hydrogen) atoms. The van der Waals surface area contributed by atoms with E-state index in [2.05, 4.69) is 43.1 Å². The van der Waals surface area contributed by atoms with Crippen molar-refractivity contribution in [3.8, 4) is 0 Å². The molecule has 3 heteroatoms. The largest absolute Gasteiger partial charge is 0.135 e. The summed E-state index contributed by atoms with van der Waals surface area (Å²) in [4.78, 5) is 0. The normalized spacial score (nSPS) is 11.2. The fraction of sp³-hybridized carbons (Fsp3) is 0.667. The van der Waals surface area contributed by atoms with Crippen LogP contribution in [0.2, 0.25) is 0 Å². The maximum Gasteiger partial charge on any atom is 0.0693 e. The second-order valence-electron chi connectivity index (χ2n) is 3.59. The van der Waals surface area contributed by atoms with Crippen LogP contribution in [0.3, 0.4) is 0 Å². The van der Waals surface area contributed by atoms with Crippen LogP contribution in [0.15, 0.2) is 6.07 Å². The van der Waals surface area contributed by atoms with Crippen LogP contribution in [0.4, 0.5) is 0 Å². The molecular formula is C9H15N3. The van der Waals surface area contributed by atoms with E-state index in [-0.39, 0.29) is 0 Å². The summed E-state index contributed by atoms with van der Waals surface area (Å²) < 4.78 is 0. The van der Waals surface area contributed by atoms with E-state index in [1.165, 1.54) is 0 Å². The smallest absolute Gasteiger partial charge is 0.0693 e. The van der Waals surface area contributed by atoms with E-state index in [0.29, 0.717) is 11.8 Å². The van der Waals surface area contributed by atoms with Gasteiger partial charge in [-0.25, -0.2) is 0 Å². The second kappa shape index (κ2) is 3.61. The average Bonchev–Trinajstić information content (AvgIpc) is 2.04. The van der Waals surface area contributed by atoms with E-state index in [4.69, 9.17) is 0 Å². The van der Waals surface area contributed by atoms with Crippen LogP contribution in [-0.4, -0.2) is 15.4 Å². The highest BCUT2D eigenvalue weighted by Crippen LogP contribution is 2.15. The summed E-state index contributed by atoms with van der Waals surface area (Å²) in [5.74, 6) is 0.857. The molecule has 0 radical (unpaired) electrons. The molecule has 0 unspecified atom stereocenters. The number of nitrogens with zero attached hydrogens (tertiary/aromatic N) is 3. The molecule has 0 bridgehead atoms. The zero-order chi connectivity index (χ0) is 9.14. The maximum absolute atomic E-state index is 3.96. The SMILES string of the molecule is CC(C)c1cc(C(C)C)nnn1. The van der Waals surface area contributed by atoms with E-state index in [1.54, 1.807) is 0 Å². The predicted octanol–water partition coefficient (Wildman–Crippen LogP) is 2.12. The number of hydrogen-bond donors (Lipinski definition) is 0. The third-order valence-corrected chi connectivity index (χ3v) is 1.80. The van der Waals surface area contributed by atoms with Gasteiger partial charge >= 0.3 is 0 Å². The van der Waals surface area contributed by atoms with Gasteiger partial charge in [0.1, 0.15) is 0 Å². The topological polar surface area (TPSA) is 38.7 Å². The molecule has 0 aliphatic heterocycles. The summed E-state index contributed by atoms with van der Waals surface area (Å²) in [6.45, 7) is 8.42. The summed E-state index contributed by atoms with van der Waals surface area (Å²) in [5, 5.41) is 11.6. The van der Waals surface area contributed by atoms with Crippen LogP contribution in [0.5, 0.6) is 0 Å². The molecule has 1 heterocycles. The standard InChI is InChI=1S/C9H15N3/c1-6(2)8-5-9(7(3)4)11-12-10-8/h5-7H,1-4H3. The van der Waals surface area contributed by atoms with Gasteiger partial charge in [0, 0.05) is 0 Å². The first-order chi connectivity index (χ1) is 5.61. The Bertz CT molecular complexity index is 232. The minimum Gasteiger partial charge on any atom is -0.135 e. The molecule has 0 saturated carbocycles. The lowest BCUT2D eigenvalue weighted by atomic mass is 10.1. The third kappa shape index (κ3) is 2.00. The Morgan fingerprint density at radius 2 is 1.33 bits per heavy atom. The first-order valence-corrected chi connectivity index (χ1v) is 4.31. The molecule has 0 aliphatic rings. The molecular weight excluding hydrogens is 150 g/mol. The molecule has 0 spiro atoms. The van der Waals surface area contributed by atoms with E-state index in [0.717, 1.165) is 11.4 Å². The maximum atomic E-state index is 3.96. The molecule has 0 amide bonds. The molecule has 0 atom stereocenters. The van der Waals surface area contributed by atoms with Gasteiger partial charge in [0.2, 0.25) is 0 Å². The second-order valence-corrected chi connectivity index (χ2v) is 3.59. The van der Waals surface area contributed by atoms with Crippen LogP contribution in [0, 0.1) is 0 Å². The van der Waals surface area contributed by atoms with Crippen molar-refractivity contribution in [2.45, 2.75) is 39.5 Å². The number of rotatable bonds is 2. The van der Waals surface area contributed by atoms with Gasteiger partial charge in [0.15, 0.2) is 0 Å². The first kappa shape index (κ1) is 9.10. The molecule has 0 N–H and O–H groups in total. The summed E-state index contributed by atoms with van der Waals surface area (Å²) in [6.07, 6.45) is 0. The quantitative estimate of drug-likeness (QED) is 0.673. The molecule has 1 aromatic heterocycles. The Hall–Kier alpha value is -0.990. The molecule has 0 saturated heterocycles. The fourth-order valence-corrected chi connectivity index (χ4v) is 0.899. The lowest BCUT2D eigenvalue weighted by Gasteiger charge is -2.06. The minimum absolute atomic E-state index is 0.429. The Labute approximate surface area is 73.2 Å². The molecule has 66 valence electrons. The Balaban J connectivity index is 2.96. The highest BCUT2D eigenvalue weighted by molar-refractivity contribution is 5.11. The van der Waals surface area contributed by atoms with Crippen molar-refractivity contribution in [3.63, 3.8) is 0 Å². The van der Waals surface area contributed by atoms with Crippen molar-refractivity contribution in [3.05, 3.63) is 17.5 Å². The number of aromatic nitrogens is 3. The van der Waals surface area contributed by atoms with Gasteiger partial charge in [-0.3, -0.25) is 0 Å². The van der Waals surface area contributed by atoms with Crippen molar-refractivity contribution in [2.75, 3.05) is 0 Å². The lowest BCUT2D eigenvalue weighted by Crippen LogP contribution is -2.02. The summed E-state index contributed by atoms with van der Waals surface area (Å²) in [7, 11) is 0. The van der Waals surface area contributed by atoms with Gasteiger partial charge in [-0.15, -0.1) is 10.2 Å². The first-order valence-electron chi connectivity index (χ1n) is 4.31. The van der Waals surface area contributed by atoms with E-state index >= 15 is 0 Å². The molecule has 0 aliphatic carbocycles. The van der Waals surface area contributed by atoms with Gasteiger partial charge in [-0.05, 0) is 23.1 Å². The van der Waals surface area contributed by atoms with Crippen molar-refractivity contribution in [1.82, 2.24) is 15.4 Å². The monoisotopic (exact) mass is 165 g/mol. The Kier molecular flexibility index (Phi) is 2.74. The number of hydrogen-bond acceptors (Lipinski definition) is 3. The van der Waals surface area contributed by atoms with Crippen LogP contribution in [0.25, 0.3) is 0 Å². The van der Waals surface area contributed by atoms with Gasteiger partial charge in [-0.1, -0.05) is 27.7 Å². The van der Waals surface area contributed by atoms with Crippen molar-refractivity contribution >= 4 is 0 Å². The Morgan fingerprint density at radius 1 is 0.917 bits per heavy atom. The highest BCUT2D eigenvalue weighted by atomic mass is 15.3. The molecule has 3 nitrogen and oxygen atoms in total. The summed E-state index contributed by atoms with van der Waals surface area (Å²) >= 11 is 0. The predicted molar refractivity (Wildman–Crippen MR) is 48.0 cm³/mol. The van der Waals surface area contributed by atoms with E-state index < -0.39 is 0 Å². The zero-order valence-electron chi connectivity index (χ0n) is 8.07. The van der Waals surface area contributed by atoms with Crippen molar-refractivity contribution in [1.29, 1.82) is 0 Å². The zero-order valence-corrected chi connectivity index (χ0v) is 8.07. The lowest BCUT2D eigenvalue weighted by molar-refractivity contribution is 0.690. The van der Waals surface area contributed by atoms with E-state index in [9.17, 15) is 0 Å². The average molecular weight is 165 g/mol. The van der Waals surface area contributed by atoms with Crippen LogP contribution in [-0.2, 0) is 0 Å². The van der Waals surface area contributed by atoms with E-state index in [1.807, 2.05) is 6.07 Å². The molecule has 0 fully saturated rings. The van der Waals surface area contributed by atoms with Crippen molar-refractivity contribution < 1.29 is 0 Å². The van der Waals surface area contributed by atoms with Crippen LogP contribution < -0.4 is 0 Å². The van der Waals surface area contributed by atoms with Crippen molar-refractivity contribution in [2.24, 2.45) is 0 Å². The summed E-state index contributed by atoms with van der Waals surface area (Å²) in [5.41, 5.74) is 2.04. The minimum atomic E-state index is 0.429. The highest BCUT2D eigenvalue weighted by Gasteiger charge is 2.06. The molecule has 0 aromatic carbocycles. The summed E-state index contributed by atoms with van der Waals surface area (Å²) in [6, 6.07) is 2.03. The fourth-order valence-electron chi connectivity index (χ4n) is 0.899. The van der Waals surface area contributed by atoms with Gasteiger partial charge in [0.25, 0.3) is 0 Å². The Morgan fingerprint density at radius 3 is 1.67 bits per heavy atom. The molecule has 1 rings (SSSR count). The van der Waals surface area contributed by atoms with Gasteiger partial charge in [-0.2, -0.15) is 0 Å². The van der Waals surface area contributed by atoms with Gasteiger partial charge in [0.05, 0.1) is 11.4 Å². The van der Waals surface area contributed by atoms with Gasteiger partial charge < -0.3 is 0 Å². The van der Waals surface area contributed by atoms with Crippen LogP contribution >= 0.6 is 0 Å². The molecule has 1 aromatic rings. The third-order valence-electron chi connectivity index (χ3n) is 1.80. The van der Waals surface area contributed by atoms with Crippen LogP contribution in [0.1, 0.15) is 50.9 Å².